The van der Waals surface area contributed by atoms with Gasteiger partial charge in [-0.05, 0) is 55.9 Å². The molecule has 1 fully saturated rings. The Bertz CT molecular complexity index is 421. The fourth-order valence-electron chi connectivity index (χ4n) is 2.98. The molecule has 3 heteroatoms. The molecule has 0 unspecified atom stereocenters. The molecule has 1 aromatic rings. The highest BCUT2D eigenvalue weighted by Gasteiger charge is 2.25. The van der Waals surface area contributed by atoms with Crippen molar-refractivity contribution < 1.29 is 9.18 Å². The molecule has 2 rings (SSSR count). The number of halogens is 1. The number of hydrogen-bond acceptors (Lipinski definition) is 1. The van der Waals surface area contributed by atoms with Crippen LogP contribution >= 0.6 is 0 Å². The van der Waals surface area contributed by atoms with Crippen LogP contribution < -0.4 is 5.32 Å². The van der Waals surface area contributed by atoms with Crippen LogP contribution in [0.4, 0.5) is 10.1 Å². The highest BCUT2D eigenvalue weighted by atomic mass is 19.1. The van der Waals surface area contributed by atoms with E-state index >= 15 is 0 Å². The third-order valence-electron chi connectivity index (χ3n) is 4.30. The topological polar surface area (TPSA) is 29.1 Å². The van der Waals surface area contributed by atoms with E-state index in [-0.39, 0.29) is 17.6 Å². The zero-order valence-electron chi connectivity index (χ0n) is 12.2. The van der Waals surface area contributed by atoms with Crippen molar-refractivity contribution in [1.29, 1.82) is 0 Å². The molecule has 1 saturated carbocycles. The number of amides is 1. The molecule has 0 aromatic heterocycles. The van der Waals surface area contributed by atoms with Crippen molar-refractivity contribution in [3.63, 3.8) is 0 Å². The lowest BCUT2D eigenvalue weighted by Gasteiger charge is -2.27. The number of carbonyl (C=O) groups is 1. The van der Waals surface area contributed by atoms with Crippen LogP contribution in [0.5, 0.6) is 0 Å². The summed E-state index contributed by atoms with van der Waals surface area (Å²) in [5.41, 5.74) is 0.685. The molecule has 0 radical (unpaired) electrons. The Morgan fingerprint density at radius 2 is 1.85 bits per heavy atom. The summed E-state index contributed by atoms with van der Waals surface area (Å²) in [5.74, 6) is 0.743. The van der Waals surface area contributed by atoms with Gasteiger partial charge in [-0.3, -0.25) is 4.79 Å². The van der Waals surface area contributed by atoms with Crippen LogP contribution in [0.15, 0.2) is 24.3 Å². The molecule has 0 atom stereocenters. The molecule has 1 aliphatic carbocycles. The van der Waals surface area contributed by atoms with Gasteiger partial charge in [-0.15, -0.1) is 0 Å². The SMILES string of the molecule is CCCCC1CCC(C(=O)Nc2ccc(F)cc2)CC1. The van der Waals surface area contributed by atoms with Crippen LogP contribution in [-0.4, -0.2) is 5.91 Å². The molecule has 0 bridgehead atoms. The molecule has 2 nitrogen and oxygen atoms in total. The second-order valence-corrected chi connectivity index (χ2v) is 5.86. The van der Waals surface area contributed by atoms with Crippen LogP contribution in [0, 0.1) is 17.7 Å². The van der Waals surface area contributed by atoms with E-state index in [4.69, 9.17) is 0 Å². The van der Waals surface area contributed by atoms with Crippen molar-refractivity contribution in [1.82, 2.24) is 0 Å². The van der Waals surface area contributed by atoms with Gasteiger partial charge in [-0.1, -0.05) is 26.2 Å². The first-order valence-electron chi connectivity index (χ1n) is 7.75. The van der Waals surface area contributed by atoms with E-state index in [2.05, 4.69) is 12.2 Å². The molecule has 1 amide bonds. The first-order valence-corrected chi connectivity index (χ1v) is 7.75. The molecular formula is C17H24FNO. The Labute approximate surface area is 120 Å². The van der Waals surface area contributed by atoms with Gasteiger partial charge < -0.3 is 5.32 Å². The van der Waals surface area contributed by atoms with Crippen molar-refractivity contribution in [3.05, 3.63) is 30.1 Å². The number of anilines is 1. The van der Waals surface area contributed by atoms with Crippen molar-refractivity contribution >= 4 is 11.6 Å². The fourth-order valence-corrected chi connectivity index (χ4v) is 2.98. The minimum atomic E-state index is -0.278. The highest BCUT2D eigenvalue weighted by Crippen LogP contribution is 2.32. The zero-order chi connectivity index (χ0) is 14.4. The molecule has 1 N–H and O–H groups in total. The first-order chi connectivity index (χ1) is 9.69. The second kappa shape index (κ2) is 7.41. The predicted octanol–water partition coefficient (Wildman–Crippen LogP) is 4.76. The van der Waals surface area contributed by atoms with E-state index in [1.54, 1.807) is 12.1 Å². The van der Waals surface area contributed by atoms with E-state index < -0.39 is 0 Å². The molecule has 1 aromatic carbocycles. The standard InChI is InChI=1S/C17H24FNO/c1-2-3-4-13-5-7-14(8-6-13)17(20)19-16-11-9-15(18)10-12-16/h9-14H,2-8H2,1H3,(H,19,20). The summed E-state index contributed by atoms with van der Waals surface area (Å²) < 4.78 is 12.8. The van der Waals surface area contributed by atoms with Gasteiger partial charge in [-0.25, -0.2) is 4.39 Å². The molecule has 110 valence electrons. The summed E-state index contributed by atoms with van der Waals surface area (Å²) >= 11 is 0. The minimum absolute atomic E-state index is 0.0885. The number of benzene rings is 1. The summed E-state index contributed by atoms with van der Waals surface area (Å²) in [6.07, 6.45) is 8.18. The quantitative estimate of drug-likeness (QED) is 0.826. The van der Waals surface area contributed by atoms with Crippen LogP contribution in [0.25, 0.3) is 0 Å². The zero-order valence-corrected chi connectivity index (χ0v) is 12.2. The summed E-state index contributed by atoms with van der Waals surface area (Å²) in [6, 6.07) is 5.97. The maximum Gasteiger partial charge on any atom is 0.227 e. The van der Waals surface area contributed by atoms with Crippen molar-refractivity contribution in [2.75, 3.05) is 5.32 Å². The molecule has 0 aliphatic heterocycles. The third-order valence-corrected chi connectivity index (χ3v) is 4.30. The molecule has 0 saturated heterocycles. The number of rotatable bonds is 5. The van der Waals surface area contributed by atoms with Gasteiger partial charge in [0.1, 0.15) is 5.82 Å². The smallest absolute Gasteiger partial charge is 0.227 e. The van der Waals surface area contributed by atoms with E-state index in [1.807, 2.05) is 0 Å². The summed E-state index contributed by atoms with van der Waals surface area (Å²) in [7, 11) is 0. The number of unbranched alkanes of at least 4 members (excludes halogenated alkanes) is 1. The van der Waals surface area contributed by atoms with Crippen LogP contribution in [-0.2, 0) is 4.79 Å². The predicted molar refractivity (Wildman–Crippen MR) is 80.0 cm³/mol. The largest absolute Gasteiger partial charge is 0.326 e. The normalized spacial score (nSPS) is 22.5. The van der Waals surface area contributed by atoms with Gasteiger partial charge in [0.05, 0.1) is 0 Å². The number of hydrogen-bond donors (Lipinski definition) is 1. The summed E-state index contributed by atoms with van der Waals surface area (Å²) in [4.78, 5) is 12.2. The maximum absolute atomic E-state index is 12.8. The Morgan fingerprint density at radius 1 is 1.20 bits per heavy atom. The van der Waals surface area contributed by atoms with Gasteiger partial charge in [-0.2, -0.15) is 0 Å². The van der Waals surface area contributed by atoms with Crippen LogP contribution in [0.2, 0.25) is 0 Å². The van der Waals surface area contributed by atoms with Gasteiger partial charge in [0.2, 0.25) is 5.91 Å². The monoisotopic (exact) mass is 277 g/mol. The van der Waals surface area contributed by atoms with E-state index in [1.165, 1.54) is 44.2 Å². The summed E-state index contributed by atoms with van der Waals surface area (Å²) in [6.45, 7) is 2.22. The number of carbonyl (C=O) groups excluding carboxylic acids is 1. The van der Waals surface area contributed by atoms with E-state index in [0.29, 0.717) is 5.69 Å². The van der Waals surface area contributed by atoms with Crippen LogP contribution in [0.1, 0.15) is 51.9 Å². The molecule has 1 aliphatic rings. The Balaban J connectivity index is 1.78. The lowest BCUT2D eigenvalue weighted by molar-refractivity contribution is -0.121. The first kappa shape index (κ1) is 15.0. The minimum Gasteiger partial charge on any atom is -0.326 e. The molecule has 0 spiro atoms. The number of nitrogens with one attached hydrogen (secondary N) is 1. The van der Waals surface area contributed by atoms with Gasteiger partial charge in [0.25, 0.3) is 0 Å². The Hall–Kier alpha value is -1.38. The third kappa shape index (κ3) is 4.32. The summed E-state index contributed by atoms with van der Waals surface area (Å²) in [5, 5.41) is 2.89. The average molecular weight is 277 g/mol. The Morgan fingerprint density at radius 3 is 2.45 bits per heavy atom. The van der Waals surface area contributed by atoms with E-state index in [0.717, 1.165) is 18.8 Å². The molecule has 0 heterocycles. The van der Waals surface area contributed by atoms with Gasteiger partial charge in [0, 0.05) is 11.6 Å². The van der Waals surface area contributed by atoms with Gasteiger partial charge in [0.15, 0.2) is 0 Å². The lowest BCUT2D eigenvalue weighted by Crippen LogP contribution is -2.27. The Kier molecular flexibility index (Phi) is 5.57. The van der Waals surface area contributed by atoms with E-state index in [9.17, 15) is 9.18 Å². The van der Waals surface area contributed by atoms with Gasteiger partial charge >= 0.3 is 0 Å². The van der Waals surface area contributed by atoms with Crippen molar-refractivity contribution in [2.45, 2.75) is 51.9 Å². The molecule has 20 heavy (non-hydrogen) atoms. The average Bonchev–Trinajstić information content (AvgIpc) is 2.48. The van der Waals surface area contributed by atoms with Crippen molar-refractivity contribution in [2.24, 2.45) is 11.8 Å². The highest BCUT2D eigenvalue weighted by molar-refractivity contribution is 5.92. The van der Waals surface area contributed by atoms with Crippen molar-refractivity contribution in [3.8, 4) is 0 Å². The molecular weight excluding hydrogens is 253 g/mol. The van der Waals surface area contributed by atoms with Crippen LogP contribution in [0.3, 0.4) is 0 Å². The lowest BCUT2D eigenvalue weighted by atomic mass is 9.79. The second-order valence-electron chi connectivity index (χ2n) is 5.86. The maximum atomic E-state index is 12.8. The fraction of sp³-hybridized carbons (Fsp3) is 0.588.